The molecule has 0 saturated heterocycles. The number of ketones is 2. The van der Waals surface area contributed by atoms with Crippen molar-refractivity contribution in [3.63, 3.8) is 0 Å². The van der Waals surface area contributed by atoms with Crippen LogP contribution in [-0.2, 0) is 61.7 Å². The molecule has 0 amide bonds. The van der Waals surface area contributed by atoms with E-state index < -0.39 is 0 Å². The van der Waals surface area contributed by atoms with E-state index in [1.807, 2.05) is 6.92 Å². The first-order valence-electron chi connectivity index (χ1n) is 17.0. The third-order valence-corrected chi connectivity index (χ3v) is 6.16. The Morgan fingerprint density at radius 3 is 0.870 bits per heavy atom. The summed E-state index contributed by atoms with van der Waals surface area (Å²) in [4.78, 5) is 22.0. The van der Waals surface area contributed by atoms with Crippen LogP contribution in [0.15, 0.2) is 0 Å². The van der Waals surface area contributed by atoms with Crippen LogP contribution in [0.2, 0.25) is 0 Å². The van der Waals surface area contributed by atoms with Crippen molar-refractivity contribution in [2.45, 2.75) is 58.8 Å². The lowest BCUT2D eigenvalue weighted by molar-refractivity contribution is -0.119. The lowest BCUT2D eigenvalue weighted by Gasteiger charge is -2.08. The van der Waals surface area contributed by atoms with Gasteiger partial charge in [0.05, 0.1) is 126 Å². The van der Waals surface area contributed by atoms with Gasteiger partial charge in [-0.05, 0) is 32.6 Å². The molecule has 0 rings (SSSR count). The van der Waals surface area contributed by atoms with Gasteiger partial charge in [-0.25, -0.2) is 0 Å². The monoisotopic (exact) mass is 668 g/mol. The summed E-state index contributed by atoms with van der Waals surface area (Å²) in [6.07, 6.45) is 5.46. The van der Waals surface area contributed by atoms with Gasteiger partial charge in [-0.1, -0.05) is 6.92 Å². The van der Waals surface area contributed by atoms with Crippen molar-refractivity contribution in [3.8, 4) is 0 Å². The molecule has 0 aliphatic rings. The molecule has 0 N–H and O–H groups in total. The molecule has 0 fully saturated rings. The minimum Gasteiger partial charge on any atom is -0.379 e. The smallest absolute Gasteiger partial charge is 0.132 e. The van der Waals surface area contributed by atoms with Crippen LogP contribution in [0.1, 0.15) is 58.8 Å². The van der Waals surface area contributed by atoms with Gasteiger partial charge >= 0.3 is 0 Å². The second-order valence-electron chi connectivity index (χ2n) is 10.2. The maximum atomic E-state index is 11.2. The predicted molar refractivity (Wildman–Crippen MR) is 173 cm³/mol. The van der Waals surface area contributed by atoms with Crippen molar-refractivity contribution in [2.75, 3.05) is 145 Å². The number of Topliss-reactive ketones (excluding diaryl/α,β-unsaturated/α-hetero) is 2. The zero-order valence-corrected chi connectivity index (χ0v) is 28.8. The summed E-state index contributed by atoms with van der Waals surface area (Å²) >= 11 is 0. The molecule has 0 aliphatic heterocycles. The number of carbonyl (C=O) groups excluding carboxylic acids is 2. The summed E-state index contributed by atoms with van der Waals surface area (Å²) in [5.41, 5.74) is 0. The molecular weight excluding hydrogens is 604 g/mol. The molecule has 0 heterocycles. The number of hydrogen-bond acceptors (Lipinski definition) is 13. The van der Waals surface area contributed by atoms with Gasteiger partial charge in [0.2, 0.25) is 0 Å². The van der Waals surface area contributed by atoms with Crippen LogP contribution in [0.25, 0.3) is 0 Å². The Kier molecular flexibility index (Phi) is 39.1. The number of rotatable bonds is 41. The molecule has 13 nitrogen and oxygen atoms in total. The molecule has 0 spiro atoms. The van der Waals surface area contributed by atoms with Crippen LogP contribution in [-0.4, -0.2) is 157 Å². The molecule has 0 atom stereocenters. The molecule has 0 unspecified atom stereocenters. The molecule has 0 aromatic carbocycles. The quantitative estimate of drug-likeness (QED) is 0.0884. The van der Waals surface area contributed by atoms with Gasteiger partial charge in [-0.2, -0.15) is 0 Å². The lowest BCUT2D eigenvalue weighted by Crippen LogP contribution is -2.14. The van der Waals surface area contributed by atoms with Gasteiger partial charge in [0.1, 0.15) is 11.6 Å². The van der Waals surface area contributed by atoms with Crippen LogP contribution in [0.4, 0.5) is 0 Å². The first-order chi connectivity index (χ1) is 22.7. The van der Waals surface area contributed by atoms with Crippen LogP contribution < -0.4 is 0 Å². The van der Waals surface area contributed by atoms with Gasteiger partial charge in [0, 0.05) is 39.1 Å². The summed E-state index contributed by atoms with van der Waals surface area (Å²) < 4.78 is 60.1. The first-order valence-corrected chi connectivity index (χ1v) is 17.0. The highest BCUT2D eigenvalue weighted by atomic mass is 16.6. The average molecular weight is 669 g/mol. The van der Waals surface area contributed by atoms with E-state index in [2.05, 4.69) is 0 Å². The fraction of sp³-hybridized carbons (Fsp3) is 0.939. The largest absolute Gasteiger partial charge is 0.379 e. The van der Waals surface area contributed by atoms with Crippen molar-refractivity contribution in [2.24, 2.45) is 0 Å². The molecule has 0 bridgehead atoms. The molecular formula is C33H64O13. The lowest BCUT2D eigenvalue weighted by atomic mass is 10.2. The van der Waals surface area contributed by atoms with E-state index in [1.54, 1.807) is 6.92 Å². The minimum absolute atomic E-state index is 0.130. The maximum absolute atomic E-state index is 11.2. The van der Waals surface area contributed by atoms with E-state index in [4.69, 9.17) is 52.1 Å². The Labute approximate surface area is 277 Å². The zero-order valence-electron chi connectivity index (χ0n) is 28.8. The van der Waals surface area contributed by atoms with Crippen molar-refractivity contribution in [1.82, 2.24) is 0 Å². The van der Waals surface area contributed by atoms with Gasteiger partial charge < -0.3 is 52.1 Å². The van der Waals surface area contributed by atoms with Crippen LogP contribution in [0, 0.1) is 0 Å². The third kappa shape index (κ3) is 40.9. The van der Waals surface area contributed by atoms with Crippen LogP contribution in [0.3, 0.4) is 0 Å². The molecule has 0 saturated carbocycles. The summed E-state index contributed by atoms with van der Waals surface area (Å²) in [5.74, 6) is 0.408. The van der Waals surface area contributed by atoms with Gasteiger partial charge in [-0.3, -0.25) is 9.59 Å². The Balaban J connectivity index is 3.06. The second-order valence-corrected chi connectivity index (χ2v) is 10.2. The summed E-state index contributed by atoms with van der Waals surface area (Å²) in [5, 5.41) is 0. The Morgan fingerprint density at radius 2 is 0.587 bits per heavy atom. The summed E-state index contributed by atoms with van der Waals surface area (Å²) in [6.45, 7) is 15.4. The first kappa shape index (κ1) is 44.9. The topological polar surface area (TPSA) is 136 Å². The molecule has 0 aromatic rings. The average Bonchev–Trinajstić information content (AvgIpc) is 3.05. The van der Waals surface area contributed by atoms with E-state index in [0.717, 1.165) is 38.9 Å². The van der Waals surface area contributed by atoms with Crippen molar-refractivity contribution in [3.05, 3.63) is 0 Å². The highest BCUT2D eigenvalue weighted by molar-refractivity contribution is 5.77. The fourth-order valence-corrected chi connectivity index (χ4v) is 3.53. The molecule has 0 aromatic heterocycles. The van der Waals surface area contributed by atoms with Gasteiger partial charge in [-0.15, -0.1) is 0 Å². The molecule has 274 valence electrons. The summed E-state index contributed by atoms with van der Waals surface area (Å²) in [6, 6.07) is 0. The normalized spacial score (nSPS) is 11.4. The second kappa shape index (κ2) is 40.1. The SMILES string of the molecule is CCC(=O)CCCOCCOCCOCCOCCOCCOCCCCCOCCOCCOCCOCCOCCC(C)=O. The number of unbranched alkanes of at least 4 members (excludes halogenated alkanes) is 2. The predicted octanol–water partition coefficient (Wildman–Crippen LogP) is 3.08. The number of ether oxygens (including phenoxy) is 11. The number of carbonyl (C=O) groups is 2. The Morgan fingerprint density at radius 1 is 0.326 bits per heavy atom. The zero-order chi connectivity index (χ0) is 33.4. The minimum atomic E-state index is 0.130. The van der Waals surface area contributed by atoms with Crippen LogP contribution >= 0.6 is 0 Å². The molecule has 13 heteroatoms. The highest BCUT2D eigenvalue weighted by Crippen LogP contribution is 1.97. The standard InChI is InChI=1S/C33H64O13/c1-3-33(35)8-7-12-38-16-20-42-24-28-46-31-30-45-27-23-41-19-15-37-11-6-4-5-10-36-14-18-40-22-26-44-29-25-43-21-17-39-13-9-32(2)34/h3-31H2,1-2H3. The molecule has 46 heavy (non-hydrogen) atoms. The highest BCUT2D eigenvalue weighted by Gasteiger charge is 1.99. The van der Waals surface area contributed by atoms with E-state index in [9.17, 15) is 9.59 Å². The van der Waals surface area contributed by atoms with E-state index >= 15 is 0 Å². The van der Waals surface area contributed by atoms with Crippen molar-refractivity contribution >= 4 is 11.6 Å². The van der Waals surface area contributed by atoms with E-state index in [0.29, 0.717) is 151 Å². The van der Waals surface area contributed by atoms with Crippen LogP contribution in [0.5, 0.6) is 0 Å². The maximum Gasteiger partial charge on any atom is 0.132 e. The van der Waals surface area contributed by atoms with Gasteiger partial charge in [0.15, 0.2) is 0 Å². The van der Waals surface area contributed by atoms with E-state index in [1.165, 1.54) is 0 Å². The molecule has 0 aliphatic carbocycles. The number of hydrogen-bond donors (Lipinski definition) is 0. The van der Waals surface area contributed by atoms with Crippen molar-refractivity contribution < 1.29 is 61.7 Å². The van der Waals surface area contributed by atoms with Gasteiger partial charge in [0.25, 0.3) is 0 Å². The van der Waals surface area contributed by atoms with E-state index in [-0.39, 0.29) is 11.6 Å². The fourth-order valence-electron chi connectivity index (χ4n) is 3.53. The molecule has 0 radical (unpaired) electrons. The summed E-state index contributed by atoms with van der Waals surface area (Å²) in [7, 11) is 0. The third-order valence-electron chi connectivity index (χ3n) is 6.16. The Bertz CT molecular complexity index is 624. The Hall–Kier alpha value is -1.10. The van der Waals surface area contributed by atoms with Crippen molar-refractivity contribution in [1.29, 1.82) is 0 Å².